The highest BCUT2D eigenvalue weighted by molar-refractivity contribution is 5.95. The third-order valence-corrected chi connectivity index (χ3v) is 6.01. The van der Waals surface area contributed by atoms with Crippen LogP contribution in [0.1, 0.15) is 51.6 Å². The number of aromatic nitrogens is 5. The number of ether oxygens (including phenoxy) is 1. The van der Waals surface area contributed by atoms with Crippen molar-refractivity contribution in [1.82, 2.24) is 30.3 Å². The summed E-state index contributed by atoms with van der Waals surface area (Å²) in [6.07, 6.45) is 14.7. The van der Waals surface area contributed by atoms with Crippen LogP contribution in [0, 0.1) is 5.92 Å². The predicted molar refractivity (Wildman–Crippen MR) is 138 cm³/mol. The van der Waals surface area contributed by atoms with E-state index in [0.717, 1.165) is 46.5 Å². The average Bonchev–Trinajstić information content (AvgIpc) is 3.48. The third-order valence-electron chi connectivity index (χ3n) is 6.01. The van der Waals surface area contributed by atoms with Gasteiger partial charge in [-0.2, -0.15) is 10.2 Å². The first-order valence-electron chi connectivity index (χ1n) is 12.4. The van der Waals surface area contributed by atoms with E-state index in [4.69, 9.17) is 4.74 Å². The van der Waals surface area contributed by atoms with Crippen LogP contribution in [-0.2, 0) is 11.2 Å². The van der Waals surface area contributed by atoms with Gasteiger partial charge in [0.05, 0.1) is 18.4 Å². The van der Waals surface area contributed by atoms with Crippen molar-refractivity contribution in [2.24, 2.45) is 5.92 Å². The highest BCUT2D eigenvalue weighted by Crippen LogP contribution is 2.28. The molecule has 1 saturated heterocycles. The molecule has 7 nitrogen and oxygen atoms in total. The molecule has 0 amide bonds. The van der Waals surface area contributed by atoms with E-state index in [1.807, 2.05) is 37.3 Å². The second-order valence-corrected chi connectivity index (χ2v) is 9.26. The van der Waals surface area contributed by atoms with Gasteiger partial charge in [-0.1, -0.05) is 38.5 Å². The maximum atomic E-state index is 5.84. The van der Waals surface area contributed by atoms with Gasteiger partial charge in [0.15, 0.2) is 5.82 Å². The van der Waals surface area contributed by atoms with Crippen molar-refractivity contribution in [3.8, 4) is 11.4 Å². The molecule has 4 rings (SSSR count). The van der Waals surface area contributed by atoms with E-state index in [-0.39, 0.29) is 0 Å². The number of H-pyrrole nitrogens is 2. The molecule has 1 aliphatic heterocycles. The lowest BCUT2D eigenvalue weighted by molar-refractivity contribution is 0.159. The molecule has 2 N–H and O–H groups in total. The number of allylic oxidation sites excluding steroid dienone is 5. The van der Waals surface area contributed by atoms with Crippen molar-refractivity contribution < 1.29 is 4.74 Å². The number of nitrogens with zero attached hydrogens (tertiary/aromatic N) is 4. The molecule has 3 aromatic rings. The molecule has 180 valence electrons. The summed E-state index contributed by atoms with van der Waals surface area (Å²) in [5, 5.41) is 16.3. The molecule has 0 spiro atoms. The third kappa shape index (κ3) is 6.23. The van der Waals surface area contributed by atoms with E-state index in [2.05, 4.69) is 56.3 Å². The molecule has 1 aromatic carbocycles. The van der Waals surface area contributed by atoms with Crippen LogP contribution in [0.2, 0.25) is 0 Å². The monoisotopic (exact) mass is 460 g/mol. The van der Waals surface area contributed by atoms with E-state index in [1.54, 1.807) is 6.26 Å². The average molecular weight is 461 g/mol. The molecule has 34 heavy (non-hydrogen) atoms. The van der Waals surface area contributed by atoms with Gasteiger partial charge in [0.1, 0.15) is 11.5 Å². The molecular weight excluding hydrogens is 424 g/mol. The fourth-order valence-electron chi connectivity index (χ4n) is 4.24. The first-order chi connectivity index (χ1) is 16.6. The van der Waals surface area contributed by atoms with Crippen molar-refractivity contribution >= 4 is 16.5 Å². The minimum Gasteiger partial charge on any atom is -0.500 e. The Morgan fingerprint density at radius 3 is 2.79 bits per heavy atom. The molecular formula is C27H36N6O. The zero-order chi connectivity index (χ0) is 23.8. The van der Waals surface area contributed by atoms with Crippen molar-refractivity contribution in [3.05, 3.63) is 60.3 Å². The summed E-state index contributed by atoms with van der Waals surface area (Å²) in [5.74, 6) is 2.15. The zero-order valence-electron chi connectivity index (χ0n) is 20.6. The Balaban J connectivity index is 1.51. The molecule has 7 heteroatoms. The SMILES string of the molecule is C\C=C/C=C(\C=C\OCCN1CCCCC1)c1n[nH]c2ccc(-c3n[nH]c(CC(C)C)n3)cc12. The summed E-state index contributed by atoms with van der Waals surface area (Å²) in [5.41, 5.74) is 3.80. The minimum atomic E-state index is 0.525. The van der Waals surface area contributed by atoms with Gasteiger partial charge >= 0.3 is 0 Å². The highest BCUT2D eigenvalue weighted by atomic mass is 16.5. The van der Waals surface area contributed by atoms with Crippen LogP contribution in [0.25, 0.3) is 27.9 Å². The number of hydrogen-bond donors (Lipinski definition) is 2. The van der Waals surface area contributed by atoms with Gasteiger partial charge in [-0.25, -0.2) is 4.98 Å². The van der Waals surface area contributed by atoms with Crippen LogP contribution in [0.5, 0.6) is 0 Å². The van der Waals surface area contributed by atoms with Crippen LogP contribution < -0.4 is 0 Å². The van der Waals surface area contributed by atoms with E-state index < -0.39 is 0 Å². The number of piperidine rings is 1. The quantitative estimate of drug-likeness (QED) is 0.236. The Bertz CT molecular complexity index is 1150. The Labute approximate surface area is 202 Å². The Morgan fingerprint density at radius 1 is 1.15 bits per heavy atom. The summed E-state index contributed by atoms with van der Waals surface area (Å²) in [4.78, 5) is 7.16. The van der Waals surface area contributed by atoms with Gasteiger partial charge in [0, 0.05) is 29.5 Å². The number of rotatable bonds is 10. The highest BCUT2D eigenvalue weighted by Gasteiger charge is 2.13. The molecule has 2 aromatic heterocycles. The fourth-order valence-corrected chi connectivity index (χ4v) is 4.24. The zero-order valence-corrected chi connectivity index (χ0v) is 20.6. The lowest BCUT2D eigenvalue weighted by Crippen LogP contribution is -2.32. The van der Waals surface area contributed by atoms with Gasteiger partial charge in [-0.15, -0.1) is 0 Å². The summed E-state index contributed by atoms with van der Waals surface area (Å²) in [7, 11) is 0. The summed E-state index contributed by atoms with van der Waals surface area (Å²) in [6, 6.07) is 6.16. The Hall–Kier alpha value is -3.19. The molecule has 0 unspecified atom stereocenters. The van der Waals surface area contributed by atoms with E-state index in [0.29, 0.717) is 18.3 Å². The Morgan fingerprint density at radius 2 is 2.00 bits per heavy atom. The minimum absolute atomic E-state index is 0.525. The first-order valence-corrected chi connectivity index (χ1v) is 12.4. The van der Waals surface area contributed by atoms with E-state index in [9.17, 15) is 0 Å². The number of aromatic amines is 2. The summed E-state index contributed by atoms with van der Waals surface area (Å²) in [6.45, 7) is 10.4. The number of hydrogen-bond acceptors (Lipinski definition) is 5. The first kappa shape index (κ1) is 24.0. The normalized spacial score (nSPS) is 15.9. The lowest BCUT2D eigenvalue weighted by atomic mass is 10.0. The smallest absolute Gasteiger partial charge is 0.181 e. The van der Waals surface area contributed by atoms with Crippen LogP contribution in [0.3, 0.4) is 0 Å². The van der Waals surface area contributed by atoms with Gasteiger partial charge in [0.2, 0.25) is 0 Å². The second kappa shape index (κ2) is 11.8. The van der Waals surface area contributed by atoms with Crippen LogP contribution in [0.15, 0.2) is 48.8 Å². The van der Waals surface area contributed by atoms with Crippen LogP contribution in [-0.4, -0.2) is 56.5 Å². The molecule has 3 heterocycles. The van der Waals surface area contributed by atoms with Crippen molar-refractivity contribution in [2.45, 2.75) is 46.5 Å². The van der Waals surface area contributed by atoms with E-state index in [1.165, 1.54) is 32.4 Å². The van der Waals surface area contributed by atoms with Crippen LogP contribution in [0.4, 0.5) is 0 Å². The fraction of sp³-hybridized carbons (Fsp3) is 0.444. The molecule has 1 fully saturated rings. The number of nitrogens with one attached hydrogen (secondary N) is 2. The Kier molecular flexibility index (Phi) is 8.31. The number of likely N-dealkylation sites (tertiary alicyclic amines) is 1. The number of benzene rings is 1. The van der Waals surface area contributed by atoms with Crippen molar-refractivity contribution in [3.63, 3.8) is 0 Å². The second-order valence-electron chi connectivity index (χ2n) is 9.26. The maximum Gasteiger partial charge on any atom is 0.181 e. The van der Waals surface area contributed by atoms with Gasteiger partial charge in [-0.05, 0) is 63.0 Å². The van der Waals surface area contributed by atoms with Gasteiger partial charge in [0.25, 0.3) is 0 Å². The molecule has 0 aliphatic carbocycles. The molecule has 0 atom stereocenters. The van der Waals surface area contributed by atoms with Gasteiger partial charge in [-0.3, -0.25) is 15.1 Å². The maximum absolute atomic E-state index is 5.84. The summed E-state index contributed by atoms with van der Waals surface area (Å²) < 4.78 is 5.84. The predicted octanol–water partition coefficient (Wildman–Crippen LogP) is 5.52. The van der Waals surface area contributed by atoms with Crippen LogP contribution >= 0.6 is 0 Å². The largest absolute Gasteiger partial charge is 0.500 e. The molecule has 0 saturated carbocycles. The molecule has 1 aliphatic rings. The van der Waals surface area contributed by atoms with Crippen molar-refractivity contribution in [1.29, 1.82) is 0 Å². The van der Waals surface area contributed by atoms with Crippen molar-refractivity contribution in [2.75, 3.05) is 26.2 Å². The standard InChI is InChI=1S/C27H36N6O/c1-4-5-9-21(12-16-34-17-15-33-13-7-6-8-14-33)26-23-19-22(10-11-24(23)29-31-26)27-28-25(30-32-27)18-20(2)3/h4-5,9-12,16,19-20H,6-8,13-15,17-18H2,1-3H3,(H,29,31)(H,28,30,32)/b5-4-,16-12+,21-9+. The topological polar surface area (TPSA) is 82.7 Å². The van der Waals surface area contributed by atoms with Gasteiger partial charge < -0.3 is 4.74 Å². The lowest BCUT2D eigenvalue weighted by Gasteiger charge is -2.25. The number of fused-ring (bicyclic) bond motifs is 1. The summed E-state index contributed by atoms with van der Waals surface area (Å²) >= 11 is 0. The molecule has 0 radical (unpaired) electrons. The van der Waals surface area contributed by atoms with E-state index >= 15 is 0 Å². The molecule has 0 bridgehead atoms.